The molecule has 0 aliphatic carbocycles. The number of rotatable bonds is 4. The molecule has 0 unspecified atom stereocenters. The van der Waals surface area contributed by atoms with Crippen LogP contribution in [0.25, 0.3) is 0 Å². The van der Waals surface area contributed by atoms with Gasteiger partial charge in [-0.2, -0.15) is 0 Å². The summed E-state index contributed by atoms with van der Waals surface area (Å²) in [5.74, 6) is 2.08. The molecule has 0 radical (unpaired) electrons. The van der Waals surface area contributed by atoms with E-state index in [0.717, 1.165) is 18.1 Å². The Bertz CT molecular complexity index is 403. The highest BCUT2D eigenvalue weighted by atomic mass is 16.5. The predicted octanol–water partition coefficient (Wildman–Crippen LogP) is 2.74. The Balaban J connectivity index is 1.94. The minimum Gasteiger partial charge on any atom is -0.367 e. The zero-order valence-corrected chi connectivity index (χ0v) is 8.95. The van der Waals surface area contributed by atoms with Crippen molar-refractivity contribution >= 4 is 5.82 Å². The third-order valence-electron chi connectivity index (χ3n) is 2.23. The van der Waals surface area contributed by atoms with Crippen LogP contribution in [-0.4, -0.2) is 10.1 Å². The number of hydrogen-bond acceptors (Lipinski definition) is 3. The van der Waals surface area contributed by atoms with Crippen molar-refractivity contribution in [3.8, 4) is 0 Å². The summed E-state index contributed by atoms with van der Waals surface area (Å²) in [7, 11) is 0. The Morgan fingerprint density at radius 1 is 1.53 bits per heavy atom. The van der Waals surface area contributed by atoms with Crippen molar-refractivity contribution < 1.29 is 4.52 Å². The number of aromatic nitrogens is 2. The first kappa shape index (κ1) is 9.83. The van der Waals surface area contributed by atoms with Crippen molar-refractivity contribution in [3.63, 3.8) is 0 Å². The molecule has 0 aromatic carbocycles. The first-order valence-corrected chi connectivity index (χ1v) is 5.08. The smallest absolute Gasteiger partial charge is 0.169 e. The van der Waals surface area contributed by atoms with Gasteiger partial charge in [-0.3, -0.25) is 0 Å². The lowest BCUT2D eigenvalue weighted by molar-refractivity contribution is 0.373. The lowest BCUT2D eigenvalue weighted by Gasteiger charge is -1.98. The highest BCUT2D eigenvalue weighted by molar-refractivity contribution is 5.35. The molecule has 0 aliphatic heterocycles. The van der Waals surface area contributed by atoms with Crippen LogP contribution in [0.3, 0.4) is 0 Å². The molecule has 2 aromatic heterocycles. The second kappa shape index (κ2) is 4.21. The van der Waals surface area contributed by atoms with Crippen LogP contribution in [0.5, 0.6) is 0 Å². The minimum atomic E-state index is 0.375. The zero-order chi connectivity index (χ0) is 10.7. The van der Waals surface area contributed by atoms with E-state index in [9.17, 15) is 0 Å². The molecular weight excluding hydrogens is 190 g/mol. The van der Waals surface area contributed by atoms with E-state index in [1.807, 2.05) is 24.5 Å². The van der Waals surface area contributed by atoms with Gasteiger partial charge in [-0.05, 0) is 11.6 Å². The standard InChI is InChI=1S/C11H15N3O/c1-8(2)10-5-11(14-15-10)13-7-9-3-4-12-6-9/h3-6,8,12H,7H2,1-2H3,(H,13,14). The molecule has 0 bridgehead atoms. The van der Waals surface area contributed by atoms with Crippen LogP contribution in [-0.2, 0) is 6.54 Å². The van der Waals surface area contributed by atoms with E-state index in [1.54, 1.807) is 0 Å². The lowest BCUT2D eigenvalue weighted by Crippen LogP contribution is -1.97. The average Bonchev–Trinajstić information content (AvgIpc) is 2.86. The SMILES string of the molecule is CC(C)c1cc(NCc2cc[nH]c2)no1. The van der Waals surface area contributed by atoms with Crippen LogP contribution in [0.15, 0.2) is 29.0 Å². The number of nitrogens with zero attached hydrogens (tertiary/aromatic N) is 1. The number of hydrogen-bond donors (Lipinski definition) is 2. The fourth-order valence-corrected chi connectivity index (χ4v) is 1.31. The summed E-state index contributed by atoms with van der Waals surface area (Å²) in [5.41, 5.74) is 1.20. The summed E-state index contributed by atoms with van der Waals surface area (Å²) in [6.07, 6.45) is 3.86. The van der Waals surface area contributed by atoms with Gasteiger partial charge in [-0.1, -0.05) is 19.0 Å². The van der Waals surface area contributed by atoms with E-state index in [1.165, 1.54) is 5.56 Å². The summed E-state index contributed by atoms with van der Waals surface area (Å²) in [5, 5.41) is 7.14. The van der Waals surface area contributed by atoms with Crippen molar-refractivity contribution in [3.05, 3.63) is 35.9 Å². The number of aromatic amines is 1. The molecule has 2 rings (SSSR count). The molecule has 2 aromatic rings. The van der Waals surface area contributed by atoms with Crippen molar-refractivity contribution in [2.75, 3.05) is 5.32 Å². The second-order valence-electron chi connectivity index (χ2n) is 3.84. The molecule has 15 heavy (non-hydrogen) atoms. The van der Waals surface area contributed by atoms with Gasteiger partial charge in [0.05, 0.1) is 0 Å². The van der Waals surface area contributed by atoms with Crippen molar-refractivity contribution in [2.45, 2.75) is 26.3 Å². The Labute approximate surface area is 88.7 Å². The summed E-state index contributed by atoms with van der Waals surface area (Å²) in [6, 6.07) is 3.97. The van der Waals surface area contributed by atoms with E-state index >= 15 is 0 Å². The first-order valence-electron chi connectivity index (χ1n) is 5.08. The van der Waals surface area contributed by atoms with Crippen LogP contribution in [0.4, 0.5) is 5.82 Å². The van der Waals surface area contributed by atoms with Gasteiger partial charge in [0.2, 0.25) is 0 Å². The van der Waals surface area contributed by atoms with E-state index in [2.05, 4.69) is 29.3 Å². The van der Waals surface area contributed by atoms with Gasteiger partial charge in [0.25, 0.3) is 0 Å². The Morgan fingerprint density at radius 3 is 3.00 bits per heavy atom. The van der Waals surface area contributed by atoms with E-state index in [4.69, 9.17) is 4.52 Å². The molecule has 0 amide bonds. The summed E-state index contributed by atoms with van der Waals surface area (Å²) < 4.78 is 5.18. The molecule has 80 valence electrons. The summed E-state index contributed by atoms with van der Waals surface area (Å²) in [4.78, 5) is 3.01. The van der Waals surface area contributed by atoms with Gasteiger partial charge >= 0.3 is 0 Å². The van der Waals surface area contributed by atoms with Crippen molar-refractivity contribution in [1.82, 2.24) is 10.1 Å². The van der Waals surface area contributed by atoms with Gasteiger partial charge in [-0.15, -0.1) is 0 Å². The molecule has 0 saturated carbocycles. The molecule has 0 spiro atoms. The van der Waals surface area contributed by atoms with Gasteiger partial charge in [0.1, 0.15) is 5.76 Å². The zero-order valence-electron chi connectivity index (χ0n) is 8.95. The number of anilines is 1. The Morgan fingerprint density at radius 2 is 2.40 bits per heavy atom. The monoisotopic (exact) mass is 205 g/mol. The topological polar surface area (TPSA) is 53.9 Å². The van der Waals surface area contributed by atoms with Gasteiger partial charge in [0.15, 0.2) is 5.82 Å². The van der Waals surface area contributed by atoms with E-state index < -0.39 is 0 Å². The largest absolute Gasteiger partial charge is 0.367 e. The van der Waals surface area contributed by atoms with Gasteiger partial charge in [-0.25, -0.2) is 0 Å². The third-order valence-corrected chi connectivity index (χ3v) is 2.23. The highest BCUT2D eigenvalue weighted by Crippen LogP contribution is 2.18. The molecule has 2 heterocycles. The molecule has 4 heteroatoms. The second-order valence-corrected chi connectivity index (χ2v) is 3.84. The lowest BCUT2D eigenvalue weighted by atomic mass is 10.2. The average molecular weight is 205 g/mol. The molecular formula is C11H15N3O. The van der Waals surface area contributed by atoms with Crippen LogP contribution in [0.2, 0.25) is 0 Å². The van der Waals surface area contributed by atoms with Crippen LogP contribution >= 0.6 is 0 Å². The predicted molar refractivity (Wildman–Crippen MR) is 58.7 cm³/mol. The molecule has 2 N–H and O–H groups in total. The van der Waals surface area contributed by atoms with Gasteiger partial charge < -0.3 is 14.8 Å². The van der Waals surface area contributed by atoms with E-state index in [0.29, 0.717) is 5.92 Å². The summed E-state index contributed by atoms with van der Waals surface area (Å²) >= 11 is 0. The minimum absolute atomic E-state index is 0.375. The normalized spacial score (nSPS) is 10.9. The van der Waals surface area contributed by atoms with Gasteiger partial charge in [0, 0.05) is 30.9 Å². The fourth-order valence-electron chi connectivity index (χ4n) is 1.31. The maximum atomic E-state index is 5.18. The van der Waals surface area contributed by atoms with E-state index in [-0.39, 0.29) is 0 Å². The third kappa shape index (κ3) is 2.40. The summed E-state index contributed by atoms with van der Waals surface area (Å²) in [6.45, 7) is 4.92. The molecule has 0 fully saturated rings. The molecule has 0 aliphatic rings. The highest BCUT2D eigenvalue weighted by Gasteiger charge is 2.06. The van der Waals surface area contributed by atoms with Crippen LogP contribution < -0.4 is 5.32 Å². The maximum absolute atomic E-state index is 5.18. The quantitative estimate of drug-likeness (QED) is 0.806. The fraction of sp³-hybridized carbons (Fsp3) is 0.364. The molecule has 4 nitrogen and oxygen atoms in total. The Kier molecular flexibility index (Phi) is 2.76. The number of H-pyrrole nitrogens is 1. The molecule has 0 atom stereocenters. The van der Waals surface area contributed by atoms with Crippen molar-refractivity contribution in [2.24, 2.45) is 0 Å². The van der Waals surface area contributed by atoms with Crippen LogP contribution in [0.1, 0.15) is 31.1 Å². The first-order chi connectivity index (χ1) is 7.25. The maximum Gasteiger partial charge on any atom is 0.169 e. The number of nitrogens with one attached hydrogen (secondary N) is 2. The van der Waals surface area contributed by atoms with Crippen LogP contribution in [0, 0.1) is 0 Å². The van der Waals surface area contributed by atoms with Crippen molar-refractivity contribution in [1.29, 1.82) is 0 Å². The Hall–Kier alpha value is -1.71. The molecule has 0 saturated heterocycles.